The molecule has 0 spiro atoms. The Bertz CT molecular complexity index is 739. The van der Waals surface area contributed by atoms with Crippen LogP contribution in [0.25, 0.3) is 0 Å². The smallest absolute Gasteiger partial charge is 0.227 e. The zero-order chi connectivity index (χ0) is 18.2. The molecule has 1 aromatic carbocycles. The minimum Gasteiger partial charge on any atom is -0.598 e. The highest BCUT2D eigenvalue weighted by atomic mass is 32.2. The summed E-state index contributed by atoms with van der Waals surface area (Å²) in [4.78, 5) is 14.3. The monoisotopic (exact) mass is 388 g/mol. The first-order valence-electron chi connectivity index (χ1n) is 8.16. The molecule has 3 unspecified atom stereocenters. The molecule has 25 heavy (non-hydrogen) atoms. The average molecular weight is 388 g/mol. The van der Waals surface area contributed by atoms with Crippen molar-refractivity contribution in [1.82, 2.24) is 9.21 Å². The van der Waals surface area contributed by atoms with E-state index in [9.17, 15) is 22.2 Å². The molecule has 0 aromatic heterocycles. The van der Waals surface area contributed by atoms with E-state index >= 15 is 0 Å². The largest absolute Gasteiger partial charge is 0.598 e. The number of nitrogens with zero attached hydrogens (tertiary/aromatic N) is 2. The third-order valence-electron chi connectivity index (χ3n) is 4.90. The van der Waals surface area contributed by atoms with Crippen molar-refractivity contribution in [2.45, 2.75) is 23.0 Å². The summed E-state index contributed by atoms with van der Waals surface area (Å²) < 4.78 is 51.6. The molecule has 0 radical (unpaired) electrons. The number of carbonyl (C=O) groups is 1. The number of hydrogen-bond acceptors (Lipinski definition) is 5. The van der Waals surface area contributed by atoms with Gasteiger partial charge in [0.15, 0.2) is 9.84 Å². The third-order valence-corrected chi connectivity index (χ3v) is 8.15. The SMILES string of the molecule is C[S+]([O-])N1CCC(C(=O)N2CCC(S(=O)(=O)c3ccc(F)cc3)C2)C1. The van der Waals surface area contributed by atoms with Crippen molar-refractivity contribution in [3.05, 3.63) is 30.1 Å². The van der Waals surface area contributed by atoms with Crippen LogP contribution in [0.4, 0.5) is 4.39 Å². The van der Waals surface area contributed by atoms with E-state index in [1.807, 2.05) is 0 Å². The average Bonchev–Trinajstić information content (AvgIpc) is 3.24. The Balaban J connectivity index is 1.65. The predicted molar refractivity (Wildman–Crippen MR) is 92.3 cm³/mol. The van der Waals surface area contributed by atoms with Crippen molar-refractivity contribution in [2.24, 2.45) is 5.92 Å². The van der Waals surface area contributed by atoms with E-state index in [2.05, 4.69) is 0 Å². The highest BCUT2D eigenvalue weighted by Gasteiger charge is 2.40. The zero-order valence-corrected chi connectivity index (χ0v) is 15.6. The molecule has 2 saturated heterocycles. The molecule has 0 aliphatic carbocycles. The van der Waals surface area contributed by atoms with Crippen LogP contribution in [0.1, 0.15) is 12.8 Å². The van der Waals surface area contributed by atoms with Gasteiger partial charge in [0, 0.05) is 31.0 Å². The maximum atomic E-state index is 13.0. The summed E-state index contributed by atoms with van der Waals surface area (Å²) in [5.41, 5.74) is 0. The number of hydrogen-bond donors (Lipinski definition) is 0. The molecular weight excluding hydrogens is 367 g/mol. The lowest BCUT2D eigenvalue weighted by Crippen LogP contribution is -2.38. The number of halogens is 1. The Hall–Kier alpha value is -1.16. The van der Waals surface area contributed by atoms with E-state index in [1.54, 1.807) is 15.5 Å². The molecule has 1 amide bonds. The van der Waals surface area contributed by atoms with E-state index in [-0.39, 0.29) is 23.3 Å². The van der Waals surface area contributed by atoms with Gasteiger partial charge in [0.1, 0.15) is 12.1 Å². The number of carbonyl (C=O) groups excluding carboxylic acids is 1. The van der Waals surface area contributed by atoms with Crippen LogP contribution in [0.3, 0.4) is 0 Å². The highest BCUT2D eigenvalue weighted by Crippen LogP contribution is 2.27. The molecule has 2 heterocycles. The first-order valence-corrected chi connectivity index (χ1v) is 11.2. The van der Waals surface area contributed by atoms with Gasteiger partial charge < -0.3 is 9.45 Å². The standard InChI is InChI=1S/C16H21FN2O4S2/c1-24(21)19-9-6-12(10-19)16(20)18-8-7-15(11-18)25(22,23)14-4-2-13(17)3-5-14/h2-5,12,15H,6-11H2,1H3. The third kappa shape index (κ3) is 3.84. The molecule has 2 aliphatic heterocycles. The van der Waals surface area contributed by atoms with E-state index in [1.165, 1.54) is 12.1 Å². The van der Waals surface area contributed by atoms with Gasteiger partial charge in [-0.25, -0.2) is 12.8 Å². The first kappa shape index (κ1) is 18.6. The van der Waals surface area contributed by atoms with Crippen LogP contribution in [0.15, 0.2) is 29.2 Å². The van der Waals surface area contributed by atoms with E-state index in [4.69, 9.17) is 0 Å². The Morgan fingerprint density at radius 2 is 1.88 bits per heavy atom. The second-order valence-electron chi connectivity index (χ2n) is 6.49. The molecule has 0 saturated carbocycles. The van der Waals surface area contributed by atoms with Gasteiger partial charge in [-0.3, -0.25) is 4.79 Å². The van der Waals surface area contributed by atoms with Crippen molar-refractivity contribution in [1.29, 1.82) is 0 Å². The molecule has 9 heteroatoms. The summed E-state index contributed by atoms with van der Waals surface area (Å²) in [6.07, 6.45) is 2.61. The lowest BCUT2D eigenvalue weighted by molar-refractivity contribution is -0.133. The second kappa shape index (κ2) is 7.22. The summed E-state index contributed by atoms with van der Waals surface area (Å²) >= 11 is -1.09. The minimum atomic E-state index is -3.59. The molecule has 0 N–H and O–H groups in total. The van der Waals surface area contributed by atoms with Gasteiger partial charge in [-0.2, -0.15) is 0 Å². The minimum absolute atomic E-state index is 0.0650. The fourth-order valence-electron chi connectivity index (χ4n) is 3.42. The van der Waals surface area contributed by atoms with Crippen LogP contribution in [0.5, 0.6) is 0 Å². The van der Waals surface area contributed by atoms with Crippen LogP contribution < -0.4 is 0 Å². The second-order valence-corrected chi connectivity index (χ2v) is 10.1. The molecule has 3 rings (SSSR count). The molecule has 2 fully saturated rings. The maximum absolute atomic E-state index is 13.0. The van der Waals surface area contributed by atoms with E-state index in [0.717, 1.165) is 12.1 Å². The number of likely N-dealkylation sites (tertiary alicyclic amines) is 1. The van der Waals surface area contributed by atoms with E-state index < -0.39 is 32.3 Å². The van der Waals surface area contributed by atoms with Crippen LogP contribution in [-0.4, -0.2) is 65.8 Å². The molecule has 2 aliphatic rings. The highest BCUT2D eigenvalue weighted by molar-refractivity contribution is 7.92. The Kier molecular flexibility index (Phi) is 5.38. The summed E-state index contributed by atoms with van der Waals surface area (Å²) in [6.45, 7) is 1.62. The molecule has 6 nitrogen and oxygen atoms in total. The van der Waals surface area contributed by atoms with E-state index in [0.29, 0.717) is 32.5 Å². The summed E-state index contributed by atoms with van der Waals surface area (Å²) in [7, 11) is -3.59. The van der Waals surface area contributed by atoms with Crippen molar-refractivity contribution in [2.75, 3.05) is 32.4 Å². The van der Waals surface area contributed by atoms with Crippen LogP contribution in [-0.2, 0) is 26.0 Å². The van der Waals surface area contributed by atoms with Crippen molar-refractivity contribution in [3.63, 3.8) is 0 Å². The fraction of sp³-hybridized carbons (Fsp3) is 0.562. The molecule has 138 valence electrons. The Labute approximate surface area is 150 Å². The maximum Gasteiger partial charge on any atom is 0.227 e. The molecule has 3 atom stereocenters. The fourth-order valence-corrected chi connectivity index (χ4v) is 5.86. The zero-order valence-electron chi connectivity index (χ0n) is 13.9. The van der Waals surface area contributed by atoms with Crippen LogP contribution >= 0.6 is 0 Å². The quantitative estimate of drug-likeness (QED) is 0.563. The van der Waals surface area contributed by atoms with Crippen molar-refractivity contribution < 1.29 is 22.2 Å². The number of benzene rings is 1. The van der Waals surface area contributed by atoms with Gasteiger partial charge >= 0.3 is 0 Å². The molecule has 1 aromatic rings. The lowest BCUT2D eigenvalue weighted by atomic mass is 10.1. The van der Waals surface area contributed by atoms with Gasteiger partial charge in [0.2, 0.25) is 5.91 Å². The topological polar surface area (TPSA) is 80.8 Å². The van der Waals surface area contributed by atoms with Crippen molar-refractivity contribution >= 4 is 27.1 Å². The van der Waals surface area contributed by atoms with Crippen LogP contribution in [0.2, 0.25) is 0 Å². The van der Waals surface area contributed by atoms with Gasteiger partial charge in [-0.15, -0.1) is 4.31 Å². The summed E-state index contributed by atoms with van der Waals surface area (Å²) in [6, 6.07) is 4.78. The molecule has 0 bridgehead atoms. The number of amides is 1. The molecular formula is C16H21FN2O4S2. The van der Waals surface area contributed by atoms with Gasteiger partial charge in [-0.05, 0) is 37.1 Å². The van der Waals surface area contributed by atoms with Gasteiger partial charge in [-0.1, -0.05) is 0 Å². The Morgan fingerprint density at radius 3 is 2.48 bits per heavy atom. The summed E-state index contributed by atoms with van der Waals surface area (Å²) in [5, 5.41) is -0.667. The van der Waals surface area contributed by atoms with Crippen molar-refractivity contribution in [3.8, 4) is 0 Å². The number of sulfone groups is 1. The lowest BCUT2D eigenvalue weighted by Gasteiger charge is -2.21. The predicted octanol–water partition coefficient (Wildman–Crippen LogP) is 0.816. The number of rotatable bonds is 4. The van der Waals surface area contributed by atoms with Gasteiger partial charge in [0.25, 0.3) is 0 Å². The van der Waals surface area contributed by atoms with Crippen LogP contribution in [0, 0.1) is 11.7 Å². The normalized spacial score (nSPS) is 26.1. The van der Waals surface area contributed by atoms with Gasteiger partial charge in [0.05, 0.1) is 22.6 Å². The first-order chi connectivity index (χ1) is 11.8. The Morgan fingerprint density at radius 1 is 1.20 bits per heavy atom. The summed E-state index contributed by atoms with van der Waals surface area (Å²) in [5.74, 6) is -0.776.